The van der Waals surface area contributed by atoms with Crippen LogP contribution < -0.4 is 5.32 Å². The largest absolute Gasteiger partial charge is 0.346 e. The molecule has 3 nitrogen and oxygen atoms in total. The maximum atomic E-state index is 3.49. The second-order valence-corrected chi connectivity index (χ2v) is 6.11. The Balaban J connectivity index is 2.23. The molecule has 0 amide bonds. The first kappa shape index (κ1) is 14.6. The lowest BCUT2D eigenvalue weighted by atomic mass is 10.1. The minimum Gasteiger partial charge on any atom is -0.346 e. The molecule has 19 heavy (non-hydrogen) atoms. The highest BCUT2D eigenvalue weighted by atomic mass is 15.2. The van der Waals surface area contributed by atoms with Crippen molar-refractivity contribution in [1.82, 2.24) is 14.8 Å². The van der Waals surface area contributed by atoms with E-state index in [0.29, 0.717) is 12.1 Å². The monoisotopic (exact) mass is 263 g/mol. The zero-order chi connectivity index (χ0) is 14.0. The predicted molar refractivity (Wildman–Crippen MR) is 81.8 cm³/mol. The molecule has 108 valence electrons. The molecule has 0 aromatic carbocycles. The Hall–Kier alpha value is -0.800. The van der Waals surface area contributed by atoms with Crippen LogP contribution in [0.1, 0.15) is 56.2 Å². The van der Waals surface area contributed by atoms with E-state index in [9.17, 15) is 0 Å². The van der Waals surface area contributed by atoms with Crippen LogP contribution in [0.3, 0.4) is 0 Å². The van der Waals surface area contributed by atoms with Gasteiger partial charge < -0.3 is 9.88 Å². The third-order valence-electron chi connectivity index (χ3n) is 4.41. The van der Waals surface area contributed by atoms with Gasteiger partial charge in [-0.15, -0.1) is 0 Å². The van der Waals surface area contributed by atoms with Gasteiger partial charge in [0.05, 0.1) is 0 Å². The van der Waals surface area contributed by atoms with Crippen LogP contribution in [0.15, 0.2) is 6.07 Å². The van der Waals surface area contributed by atoms with Crippen molar-refractivity contribution in [3.05, 3.63) is 23.0 Å². The van der Waals surface area contributed by atoms with Crippen LogP contribution in [0.4, 0.5) is 0 Å². The van der Waals surface area contributed by atoms with Crippen molar-refractivity contribution >= 4 is 0 Å². The van der Waals surface area contributed by atoms with Gasteiger partial charge in [-0.05, 0) is 65.8 Å². The van der Waals surface area contributed by atoms with Gasteiger partial charge in [-0.1, -0.05) is 0 Å². The van der Waals surface area contributed by atoms with E-state index in [4.69, 9.17) is 0 Å². The Kier molecular flexibility index (Phi) is 4.69. The number of hydrogen-bond donors (Lipinski definition) is 1. The number of rotatable bonds is 3. The lowest BCUT2D eigenvalue weighted by molar-refractivity contribution is 0.224. The van der Waals surface area contributed by atoms with Crippen LogP contribution in [0, 0.1) is 13.8 Å². The quantitative estimate of drug-likeness (QED) is 0.904. The lowest BCUT2D eigenvalue weighted by Crippen LogP contribution is -2.31. The lowest BCUT2D eigenvalue weighted by Gasteiger charge is -2.28. The molecular weight excluding hydrogens is 234 g/mol. The summed E-state index contributed by atoms with van der Waals surface area (Å²) < 4.78 is 2.46. The molecule has 1 N–H and O–H groups in total. The Morgan fingerprint density at radius 2 is 1.84 bits per heavy atom. The second kappa shape index (κ2) is 6.10. The first-order valence-corrected chi connectivity index (χ1v) is 7.65. The smallest absolute Gasteiger partial charge is 0.0338 e. The highest BCUT2D eigenvalue weighted by Gasteiger charge is 2.22. The minimum absolute atomic E-state index is 0.526. The summed E-state index contributed by atoms with van der Waals surface area (Å²) in [5.74, 6) is 0. The molecule has 1 unspecified atom stereocenters. The van der Waals surface area contributed by atoms with Gasteiger partial charge in [0.15, 0.2) is 0 Å². The molecule has 2 rings (SSSR count). The zero-order valence-electron chi connectivity index (χ0n) is 13.2. The molecule has 2 heterocycles. The minimum atomic E-state index is 0.526. The third-order valence-corrected chi connectivity index (χ3v) is 4.41. The summed E-state index contributed by atoms with van der Waals surface area (Å²) >= 11 is 0. The fraction of sp³-hybridized carbons (Fsp3) is 0.750. The molecule has 1 saturated heterocycles. The van der Waals surface area contributed by atoms with Gasteiger partial charge in [0.1, 0.15) is 0 Å². The normalized spacial score (nSPS) is 19.7. The number of aryl methyl sites for hydroxylation is 1. The van der Waals surface area contributed by atoms with Gasteiger partial charge in [0.25, 0.3) is 0 Å². The maximum absolute atomic E-state index is 3.49. The summed E-state index contributed by atoms with van der Waals surface area (Å²) in [6, 6.07) is 3.46. The molecule has 1 aromatic rings. The van der Waals surface area contributed by atoms with Crippen molar-refractivity contribution in [1.29, 1.82) is 0 Å². The maximum Gasteiger partial charge on any atom is 0.0338 e. The van der Waals surface area contributed by atoms with E-state index in [1.807, 2.05) is 0 Å². The molecule has 0 bridgehead atoms. The number of nitrogens with zero attached hydrogens (tertiary/aromatic N) is 2. The third kappa shape index (κ3) is 3.03. The van der Waals surface area contributed by atoms with Gasteiger partial charge in [-0.3, -0.25) is 4.90 Å². The van der Waals surface area contributed by atoms with E-state index in [1.165, 1.54) is 29.9 Å². The van der Waals surface area contributed by atoms with Crippen LogP contribution in [0.25, 0.3) is 0 Å². The summed E-state index contributed by atoms with van der Waals surface area (Å²) in [5.41, 5.74) is 4.34. The fourth-order valence-corrected chi connectivity index (χ4v) is 3.47. The first-order valence-electron chi connectivity index (χ1n) is 7.65. The van der Waals surface area contributed by atoms with Gasteiger partial charge in [-0.2, -0.15) is 0 Å². The average molecular weight is 263 g/mol. The van der Waals surface area contributed by atoms with E-state index in [-0.39, 0.29) is 0 Å². The molecule has 1 fully saturated rings. The fourth-order valence-electron chi connectivity index (χ4n) is 3.47. The molecule has 0 aliphatic carbocycles. The van der Waals surface area contributed by atoms with E-state index in [2.05, 4.69) is 55.5 Å². The summed E-state index contributed by atoms with van der Waals surface area (Å²) in [4.78, 5) is 2.62. The molecule has 1 aliphatic rings. The van der Waals surface area contributed by atoms with Gasteiger partial charge in [0.2, 0.25) is 0 Å². The number of aromatic nitrogens is 1. The Morgan fingerprint density at radius 1 is 1.11 bits per heavy atom. The van der Waals surface area contributed by atoms with Crippen molar-refractivity contribution in [2.75, 3.05) is 26.2 Å². The highest BCUT2D eigenvalue weighted by Crippen LogP contribution is 2.28. The van der Waals surface area contributed by atoms with E-state index >= 15 is 0 Å². The van der Waals surface area contributed by atoms with Crippen LogP contribution in [0.2, 0.25) is 0 Å². The first-order chi connectivity index (χ1) is 9.02. The van der Waals surface area contributed by atoms with Crippen molar-refractivity contribution < 1.29 is 0 Å². The van der Waals surface area contributed by atoms with Gasteiger partial charge in [0, 0.05) is 36.6 Å². The average Bonchev–Trinajstić information content (AvgIpc) is 2.57. The van der Waals surface area contributed by atoms with Crippen molar-refractivity contribution in [2.24, 2.45) is 0 Å². The Labute approximate surface area is 118 Å². The van der Waals surface area contributed by atoms with Gasteiger partial charge in [-0.25, -0.2) is 0 Å². The van der Waals surface area contributed by atoms with Crippen molar-refractivity contribution in [3.63, 3.8) is 0 Å². The van der Waals surface area contributed by atoms with Crippen LogP contribution in [-0.4, -0.2) is 35.6 Å². The molecule has 1 aromatic heterocycles. The molecular formula is C16H29N3. The predicted octanol–water partition coefficient (Wildman–Crippen LogP) is 3.04. The summed E-state index contributed by atoms with van der Waals surface area (Å²) in [5, 5.41) is 3.49. The van der Waals surface area contributed by atoms with E-state index in [1.54, 1.807) is 0 Å². The number of nitrogens with one attached hydrogen (secondary N) is 1. The molecule has 0 radical (unpaired) electrons. The molecule has 0 spiro atoms. The Morgan fingerprint density at radius 3 is 2.47 bits per heavy atom. The topological polar surface area (TPSA) is 20.2 Å². The van der Waals surface area contributed by atoms with Gasteiger partial charge >= 0.3 is 0 Å². The van der Waals surface area contributed by atoms with E-state index < -0.39 is 0 Å². The van der Waals surface area contributed by atoms with Crippen molar-refractivity contribution in [3.8, 4) is 0 Å². The van der Waals surface area contributed by atoms with Crippen LogP contribution in [0.5, 0.6) is 0 Å². The summed E-state index contributed by atoms with van der Waals surface area (Å²) in [6.07, 6.45) is 1.26. The van der Waals surface area contributed by atoms with Crippen LogP contribution in [-0.2, 0) is 0 Å². The second-order valence-electron chi connectivity index (χ2n) is 6.11. The van der Waals surface area contributed by atoms with Crippen molar-refractivity contribution in [2.45, 2.75) is 53.1 Å². The molecule has 3 heteroatoms. The SMILES string of the molecule is Cc1cc(C(C)N2CCCNCC2)c(C)n1C(C)C. The highest BCUT2D eigenvalue weighted by molar-refractivity contribution is 5.30. The summed E-state index contributed by atoms with van der Waals surface area (Å²) in [7, 11) is 0. The standard InChI is InChI=1S/C16H29N3/c1-12(2)19-13(3)11-16(15(19)5)14(4)18-9-6-7-17-8-10-18/h11-12,14,17H,6-10H2,1-5H3. The summed E-state index contributed by atoms with van der Waals surface area (Å²) in [6.45, 7) is 16.0. The van der Waals surface area contributed by atoms with E-state index in [0.717, 1.165) is 19.6 Å². The zero-order valence-corrected chi connectivity index (χ0v) is 13.2. The molecule has 0 saturated carbocycles. The number of hydrogen-bond acceptors (Lipinski definition) is 2. The molecule has 1 aliphatic heterocycles. The van der Waals surface area contributed by atoms with Crippen LogP contribution >= 0.6 is 0 Å². The molecule has 1 atom stereocenters. The Bertz CT molecular complexity index is 412.